The lowest BCUT2D eigenvalue weighted by Crippen LogP contribution is -2.54. The highest BCUT2D eigenvalue weighted by Crippen LogP contribution is 2.18. The fourth-order valence-corrected chi connectivity index (χ4v) is 2.60. The zero-order chi connectivity index (χ0) is 13.8. The van der Waals surface area contributed by atoms with Gasteiger partial charge in [-0.3, -0.25) is 4.90 Å². The lowest BCUT2D eigenvalue weighted by atomic mass is 10.00. The Morgan fingerprint density at radius 1 is 1.42 bits per heavy atom. The number of β-amino-alcohol motifs (C(OH)–C–C–N with tert-alkyl or cyclic N) is 1. The van der Waals surface area contributed by atoms with Gasteiger partial charge in [0.2, 0.25) is 0 Å². The zero-order valence-electron chi connectivity index (χ0n) is 11.1. The van der Waals surface area contributed by atoms with Gasteiger partial charge in [-0.05, 0) is 19.0 Å². The van der Waals surface area contributed by atoms with E-state index >= 15 is 0 Å². The van der Waals surface area contributed by atoms with Crippen LogP contribution in [0.2, 0.25) is 0 Å². The van der Waals surface area contributed by atoms with Crippen molar-refractivity contribution in [3.8, 4) is 0 Å². The normalized spacial score (nSPS) is 23.6. The summed E-state index contributed by atoms with van der Waals surface area (Å²) >= 11 is 0. The summed E-state index contributed by atoms with van der Waals surface area (Å²) in [5, 5.41) is 19.0. The molecule has 0 bridgehead atoms. The van der Waals surface area contributed by atoms with Crippen molar-refractivity contribution in [2.24, 2.45) is 0 Å². The van der Waals surface area contributed by atoms with Gasteiger partial charge in [0.25, 0.3) is 0 Å². The Kier molecular flexibility index (Phi) is 4.39. The molecule has 0 aliphatic carbocycles. The Hall–Kier alpha value is -1.59. The molecular weight excluding hydrogens is 244 g/mol. The second kappa shape index (κ2) is 6.04. The van der Waals surface area contributed by atoms with Crippen molar-refractivity contribution in [3.05, 3.63) is 35.9 Å². The molecule has 0 radical (unpaired) electrons. The van der Waals surface area contributed by atoms with Crippen molar-refractivity contribution in [1.82, 2.24) is 9.80 Å². The number of hydrogen-bond acceptors (Lipinski definition) is 3. The molecule has 1 amide bonds. The van der Waals surface area contributed by atoms with Gasteiger partial charge in [-0.25, -0.2) is 4.79 Å². The van der Waals surface area contributed by atoms with Crippen LogP contribution in [0.4, 0.5) is 4.79 Å². The first-order valence-electron chi connectivity index (χ1n) is 6.48. The molecule has 1 aliphatic rings. The number of aliphatic hydroxyl groups excluding tert-OH is 1. The molecule has 19 heavy (non-hydrogen) atoms. The number of rotatable bonds is 3. The monoisotopic (exact) mass is 264 g/mol. The van der Waals surface area contributed by atoms with Crippen LogP contribution >= 0.6 is 0 Å². The van der Waals surface area contributed by atoms with Gasteiger partial charge in [0.15, 0.2) is 0 Å². The maximum atomic E-state index is 10.9. The van der Waals surface area contributed by atoms with Gasteiger partial charge in [-0.1, -0.05) is 30.3 Å². The van der Waals surface area contributed by atoms with Gasteiger partial charge in [-0.15, -0.1) is 0 Å². The number of benzene rings is 1. The first-order chi connectivity index (χ1) is 9.08. The number of amides is 1. The van der Waals surface area contributed by atoms with Crippen LogP contribution in [0.5, 0.6) is 0 Å². The summed E-state index contributed by atoms with van der Waals surface area (Å²) in [7, 11) is 1.97. The molecule has 0 unspecified atom stereocenters. The maximum Gasteiger partial charge on any atom is 0.407 e. The fraction of sp³-hybridized carbons (Fsp3) is 0.500. The van der Waals surface area contributed by atoms with Gasteiger partial charge in [-0.2, -0.15) is 0 Å². The van der Waals surface area contributed by atoms with Crippen molar-refractivity contribution in [1.29, 1.82) is 0 Å². The Bertz CT molecular complexity index is 424. The number of aliphatic hydroxyl groups is 1. The first kappa shape index (κ1) is 13.8. The predicted molar refractivity (Wildman–Crippen MR) is 71.9 cm³/mol. The SMILES string of the molecule is CN(Cc1ccccc1)[C@@H]1CCN(C(=O)O)C[C@H]1O. The van der Waals surface area contributed by atoms with E-state index in [1.54, 1.807) is 0 Å². The van der Waals surface area contributed by atoms with E-state index in [2.05, 4.69) is 17.0 Å². The summed E-state index contributed by atoms with van der Waals surface area (Å²) in [6.07, 6.45) is -0.918. The highest BCUT2D eigenvalue weighted by Gasteiger charge is 2.32. The van der Waals surface area contributed by atoms with Crippen LogP contribution in [0.25, 0.3) is 0 Å². The lowest BCUT2D eigenvalue weighted by Gasteiger charge is -2.39. The van der Waals surface area contributed by atoms with E-state index in [-0.39, 0.29) is 12.6 Å². The largest absolute Gasteiger partial charge is 0.465 e. The number of carbonyl (C=O) groups is 1. The standard InChI is InChI=1S/C14H20N2O3/c1-15(9-11-5-3-2-4-6-11)12-7-8-16(14(18)19)10-13(12)17/h2-6,12-13,17H,7-10H2,1H3,(H,18,19)/t12-,13-/m1/s1. The Morgan fingerprint density at radius 2 is 2.11 bits per heavy atom. The third-order valence-electron chi connectivity index (χ3n) is 3.66. The third kappa shape index (κ3) is 3.45. The van der Waals surface area contributed by atoms with Crippen LogP contribution in [0.3, 0.4) is 0 Å². The molecule has 2 N–H and O–H groups in total. The van der Waals surface area contributed by atoms with Crippen molar-refractivity contribution in [2.75, 3.05) is 20.1 Å². The number of hydrogen-bond donors (Lipinski definition) is 2. The number of nitrogens with zero attached hydrogens (tertiary/aromatic N) is 2. The highest BCUT2D eigenvalue weighted by molar-refractivity contribution is 5.65. The molecule has 0 aromatic heterocycles. The van der Waals surface area contributed by atoms with Gasteiger partial charge in [0.1, 0.15) is 0 Å². The molecule has 1 heterocycles. The van der Waals surface area contributed by atoms with Crippen LogP contribution in [-0.4, -0.2) is 58.4 Å². The van der Waals surface area contributed by atoms with Gasteiger partial charge >= 0.3 is 6.09 Å². The predicted octanol–water partition coefficient (Wildman–Crippen LogP) is 1.23. The summed E-state index contributed by atoms with van der Waals surface area (Å²) in [5.41, 5.74) is 1.19. The number of likely N-dealkylation sites (N-methyl/N-ethyl adjacent to an activating group) is 1. The van der Waals surface area contributed by atoms with Crippen molar-refractivity contribution < 1.29 is 15.0 Å². The third-order valence-corrected chi connectivity index (χ3v) is 3.66. The van der Waals surface area contributed by atoms with Crippen LogP contribution < -0.4 is 0 Å². The van der Waals surface area contributed by atoms with Crippen molar-refractivity contribution in [3.63, 3.8) is 0 Å². The summed E-state index contributed by atoms with van der Waals surface area (Å²) < 4.78 is 0. The van der Waals surface area contributed by atoms with Crippen LogP contribution in [0.1, 0.15) is 12.0 Å². The molecular formula is C14H20N2O3. The minimum absolute atomic E-state index is 0.0100. The Morgan fingerprint density at radius 3 is 2.68 bits per heavy atom. The van der Waals surface area contributed by atoms with Crippen LogP contribution in [0, 0.1) is 0 Å². The van der Waals surface area contributed by atoms with Crippen molar-refractivity contribution in [2.45, 2.75) is 25.1 Å². The van der Waals surface area contributed by atoms with Gasteiger partial charge < -0.3 is 15.1 Å². The van der Waals surface area contributed by atoms with E-state index in [0.717, 1.165) is 6.54 Å². The second-order valence-electron chi connectivity index (χ2n) is 5.05. The lowest BCUT2D eigenvalue weighted by molar-refractivity contribution is -0.00218. The molecule has 1 saturated heterocycles. The second-order valence-corrected chi connectivity index (χ2v) is 5.05. The van der Waals surface area contributed by atoms with E-state index in [0.29, 0.717) is 13.0 Å². The average molecular weight is 264 g/mol. The average Bonchev–Trinajstić information content (AvgIpc) is 2.39. The number of carboxylic acid groups (broad SMARTS) is 1. The van der Waals surface area contributed by atoms with Crippen molar-refractivity contribution >= 4 is 6.09 Å². The Labute approximate surface area is 113 Å². The van der Waals surface area contributed by atoms with Gasteiger partial charge in [0, 0.05) is 19.1 Å². The zero-order valence-corrected chi connectivity index (χ0v) is 11.1. The van der Waals surface area contributed by atoms with E-state index in [1.807, 2.05) is 25.2 Å². The number of likely N-dealkylation sites (tertiary alicyclic amines) is 1. The molecule has 2 rings (SSSR count). The molecule has 1 aromatic carbocycles. The van der Waals surface area contributed by atoms with Crippen LogP contribution in [-0.2, 0) is 6.54 Å². The van der Waals surface area contributed by atoms with E-state index < -0.39 is 12.2 Å². The fourth-order valence-electron chi connectivity index (χ4n) is 2.60. The first-order valence-corrected chi connectivity index (χ1v) is 6.48. The van der Waals surface area contributed by atoms with E-state index in [1.165, 1.54) is 10.5 Å². The summed E-state index contributed by atoms with van der Waals surface area (Å²) in [6.45, 7) is 1.44. The summed E-state index contributed by atoms with van der Waals surface area (Å²) in [5.74, 6) is 0. The smallest absolute Gasteiger partial charge is 0.407 e. The molecule has 0 spiro atoms. The molecule has 104 valence electrons. The minimum atomic E-state index is -0.955. The molecule has 5 heteroatoms. The topological polar surface area (TPSA) is 64.0 Å². The van der Waals surface area contributed by atoms with E-state index in [9.17, 15) is 9.90 Å². The van der Waals surface area contributed by atoms with E-state index in [4.69, 9.17) is 5.11 Å². The Balaban J connectivity index is 1.93. The quantitative estimate of drug-likeness (QED) is 0.862. The molecule has 0 saturated carbocycles. The van der Waals surface area contributed by atoms with Gasteiger partial charge in [0.05, 0.1) is 12.6 Å². The maximum absolute atomic E-state index is 10.9. The molecule has 1 fully saturated rings. The summed E-state index contributed by atoms with van der Waals surface area (Å²) in [4.78, 5) is 14.2. The summed E-state index contributed by atoms with van der Waals surface area (Å²) in [6, 6.07) is 10.1. The molecule has 1 aromatic rings. The number of piperidine rings is 1. The molecule has 1 aliphatic heterocycles. The molecule has 2 atom stereocenters. The van der Waals surface area contributed by atoms with Crippen LogP contribution in [0.15, 0.2) is 30.3 Å². The highest BCUT2D eigenvalue weighted by atomic mass is 16.4. The molecule has 5 nitrogen and oxygen atoms in total. The minimum Gasteiger partial charge on any atom is -0.465 e.